The van der Waals surface area contributed by atoms with Crippen molar-refractivity contribution in [3.05, 3.63) is 29.6 Å². The van der Waals surface area contributed by atoms with Crippen LogP contribution >= 0.6 is 0 Å². The molecule has 2 atom stereocenters. The number of ether oxygens (including phenoxy) is 1. The van der Waals surface area contributed by atoms with E-state index in [4.69, 9.17) is 10.5 Å². The van der Waals surface area contributed by atoms with Crippen molar-refractivity contribution < 1.29 is 4.74 Å². The topological polar surface area (TPSA) is 51.4 Å². The van der Waals surface area contributed by atoms with Crippen LogP contribution in [0.4, 0.5) is 0 Å². The summed E-state index contributed by atoms with van der Waals surface area (Å²) in [5, 5.41) is 0. The number of aromatic nitrogens is 1. The monoisotopic (exact) mass is 277 g/mol. The zero-order chi connectivity index (χ0) is 14.8. The van der Waals surface area contributed by atoms with Gasteiger partial charge in [-0.25, -0.2) is 0 Å². The summed E-state index contributed by atoms with van der Waals surface area (Å²) in [5.41, 5.74) is 8.31. The molecular weight excluding hydrogens is 250 g/mol. The molecule has 2 rings (SSSR count). The van der Waals surface area contributed by atoms with Gasteiger partial charge < -0.3 is 10.5 Å². The highest BCUT2D eigenvalue weighted by molar-refractivity contribution is 5.10. The summed E-state index contributed by atoms with van der Waals surface area (Å²) in [5.74, 6) is 0. The number of likely N-dealkylation sites (N-methyl/N-ethyl adjacent to an activating group) is 1. The predicted molar refractivity (Wildman–Crippen MR) is 81.5 cm³/mol. The summed E-state index contributed by atoms with van der Waals surface area (Å²) in [7, 11) is 2.15. The molecule has 1 fully saturated rings. The highest BCUT2D eigenvalue weighted by atomic mass is 16.5. The van der Waals surface area contributed by atoms with Crippen molar-refractivity contribution in [1.29, 1.82) is 0 Å². The van der Waals surface area contributed by atoms with Crippen molar-refractivity contribution in [2.45, 2.75) is 57.9 Å². The largest absolute Gasteiger partial charge is 0.375 e. The molecule has 0 aromatic carbocycles. The zero-order valence-corrected chi connectivity index (χ0v) is 13.1. The van der Waals surface area contributed by atoms with Gasteiger partial charge in [-0.3, -0.25) is 9.88 Å². The quantitative estimate of drug-likeness (QED) is 0.916. The molecule has 0 radical (unpaired) electrons. The van der Waals surface area contributed by atoms with E-state index >= 15 is 0 Å². The Morgan fingerprint density at radius 1 is 1.35 bits per heavy atom. The van der Waals surface area contributed by atoms with Gasteiger partial charge in [-0.15, -0.1) is 0 Å². The first-order valence-corrected chi connectivity index (χ1v) is 7.44. The van der Waals surface area contributed by atoms with E-state index in [9.17, 15) is 0 Å². The number of rotatable bonds is 4. The van der Waals surface area contributed by atoms with Gasteiger partial charge in [0, 0.05) is 24.3 Å². The fourth-order valence-electron chi connectivity index (χ4n) is 3.38. The number of pyridine rings is 1. The van der Waals surface area contributed by atoms with Crippen LogP contribution in [0.5, 0.6) is 0 Å². The van der Waals surface area contributed by atoms with E-state index in [-0.39, 0.29) is 17.7 Å². The van der Waals surface area contributed by atoms with Gasteiger partial charge in [-0.2, -0.15) is 0 Å². The summed E-state index contributed by atoms with van der Waals surface area (Å²) >= 11 is 0. The molecule has 2 unspecified atom stereocenters. The molecule has 2 heterocycles. The third-order valence-corrected chi connectivity index (χ3v) is 4.33. The third kappa shape index (κ3) is 3.37. The maximum atomic E-state index is 6.13. The van der Waals surface area contributed by atoms with Crippen molar-refractivity contribution >= 4 is 0 Å². The minimum absolute atomic E-state index is 0.0164. The van der Waals surface area contributed by atoms with E-state index in [1.54, 1.807) is 0 Å². The van der Waals surface area contributed by atoms with Crippen LogP contribution in [0.1, 0.15) is 38.1 Å². The second kappa shape index (κ2) is 6.20. The summed E-state index contributed by atoms with van der Waals surface area (Å²) < 4.78 is 5.86. The summed E-state index contributed by atoms with van der Waals surface area (Å²) in [6, 6.07) is 6.18. The number of hydrogen-bond acceptors (Lipinski definition) is 4. The fourth-order valence-corrected chi connectivity index (χ4v) is 3.38. The summed E-state index contributed by atoms with van der Waals surface area (Å²) in [4.78, 5) is 6.96. The molecular formula is C16H27N3O. The highest BCUT2D eigenvalue weighted by Crippen LogP contribution is 2.33. The normalized spacial score (nSPS) is 30.7. The number of aryl methyl sites for hydroxylation is 1. The van der Waals surface area contributed by atoms with Gasteiger partial charge in [0.25, 0.3) is 0 Å². The lowest BCUT2D eigenvalue weighted by Gasteiger charge is -2.48. The van der Waals surface area contributed by atoms with Gasteiger partial charge in [0.2, 0.25) is 0 Å². The van der Waals surface area contributed by atoms with Crippen molar-refractivity contribution in [3.8, 4) is 0 Å². The van der Waals surface area contributed by atoms with Crippen LogP contribution in [0.25, 0.3) is 0 Å². The van der Waals surface area contributed by atoms with Crippen molar-refractivity contribution in [3.63, 3.8) is 0 Å². The van der Waals surface area contributed by atoms with Crippen LogP contribution in [-0.2, 0) is 11.3 Å². The van der Waals surface area contributed by atoms with Crippen molar-refractivity contribution in [2.24, 2.45) is 5.73 Å². The number of hydrogen-bond donors (Lipinski definition) is 1. The minimum Gasteiger partial charge on any atom is -0.375 e. The molecule has 0 aliphatic carbocycles. The van der Waals surface area contributed by atoms with E-state index < -0.39 is 0 Å². The first-order chi connectivity index (χ1) is 9.45. The Morgan fingerprint density at radius 3 is 2.55 bits per heavy atom. The molecule has 1 saturated heterocycles. The lowest BCUT2D eigenvalue weighted by molar-refractivity contribution is -0.0995. The van der Waals surface area contributed by atoms with Gasteiger partial charge in [0.05, 0.1) is 17.9 Å². The molecule has 4 nitrogen and oxygen atoms in total. The minimum atomic E-state index is 0.0164. The van der Waals surface area contributed by atoms with Crippen LogP contribution in [0.3, 0.4) is 0 Å². The lowest BCUT2D eigenvalue weighted by Crippen LogP contribution is -2.58. The lowest BCUT2D eigenvalue weighted by atomic mass is 9.82. The van der Waals surface area contributed by atoms with Gasteiger partial charge in [-0.05, 0) is 52.8 Å². The van der Waals surface area contributed by atoms with Crippen LogP contribution in [0, 0.1) is 6.92 Å². The standard InChI is InChI=1S/C16H27N3O/c1-12-6-5-7-15(18-12)10-19(4)16(11-17)8-13(2)20-14(3)9-16/h5-7,13-14H,8-11,17H2,1-4H3. The molecule has 1 aromatic heterocycles. The average molecular weight is 277 g/mol. The fraction of sp³-hybridized carbons (Fsp3) is 0.688. The Morgan fingerprint density at radius 2 is 2.00 bits per heavy atom. The van der Waals surface area contributed by atoms with Crippen LogP contribution in [0.15, 0.2) is 18.2 Å². The molecule has 20 heavy (non-hydrogen) atoms. The summed E-state index contributed by atoms with van der Waals surface area (Å²) in [6.45, 7) is 7.80. The second-order valence-electron chi connectivity index (χ2n) is 6.22. The Kier molecular flexibility index (Phi) is 4.78. The maximum Gasteiger partial charge on any atom is 0.0568 e. The Labute approximate surface area is 122 Å². The Bertz CT molecular complexity index is 439. The molecule has 0 amide bonds. The summed E-state index contributed by atoms with van der Waals surface area (Å²) in [6.07, 6.45) is 2.48. The maximum absolute atomic E-state index is 6.13. The third-order valence-electron chi connectivity index (χ3n) is 4.33. The molecule has 2 N–H and O–H groups in total. The van der Waals surface area contributed by atoms with Gasteiger partial charge in [0.15, 0.2) is 0 Å². The van der Waals surface area contributed by atoms with E-state index in [1.807, 2.05) is 13.0 Å². The van der Waals surface area contributed by atoms with Gasteiger partial charge in [0.1, 0.15) is 0 Å². The van der Waals surface area contributed by atoms with Crippen molar-refractivity contribution in [2.75, 3.05) is 13.6 Å². The van der Waals surface area contributed by atoms with Crippen LogP contribution < -0.4 is 5.73 Å². The van der Waals surface area contributed by atoms with Crippen LogP contribution in [-0.4, -0.2) is 41.2 Å². The number of nitrogens with two attached hydrogens (primary N) is 1. The number of nitrogens with zero attached hydrogens (tertiary/aromatic N) is 2. The Hall–Kier alpha value is -0.970. The van der Waals surface area contributed by atoms with Gasteiger partial charge >= 0.3 is 0 Å². The first kappa shape index (κ1) is 15.4. The van der Waals surface area contributed by atoms with Crippen molar-refractivity contribution in [1.82, 2.24) is 9.88 Å². The molecule has 112 valence electrons. The van der Waals surface area contributed by atoms with Crippen LogP contribution in [0.2, 0.25) is 0 Å². The predicted octanol–water partition coefficient (Wildman–Crippen LogP) is 2.11. The van der Waals surface area contributed by atoms with E-state index in [2.05, 4.69) is 42.9 Å². The highest BCUT2D eigenvalue weighted by Gasteiger charge is 2.40. The molecule has 4 heteroatoms. The first-order valence-electron chi connectivity index (χ1n) is 7.44. The molecule has 0 bridgehead atoms. The molecule has 1 aromatic rings. The average Bonchev–Trinajstić information content (AvgIpc) is 2.37. The molecule has 0 spiro atoms. The SMILES string of the molecule is Cc1cccc(CN(C)C2(CN)CC(C)OC(C)C2)n1. The van der Waals surface area contributed by atoms with Gasteiger partial charge in [-0.1, -0.05) is 6.07 Å². The molecule has 1 aliphatic rings. The Balaban J connectivity index is 2.14. The molecule has 1 aliphatic heterocycles. The van der Waals surface area contributed by atoms with E-state index in [0.717, 1.165) is 30.8 Å². The molecule has 0 saturated carbocycles. The zero-order valence-electron chi connectivity index (χ0n) is 13.1. The van der Waals surface area contributed by atoms with E-state index in [0.29, 0.717) is 6.54 Å². The smallest absolute Gasteiger partial charge is 0.0568 e. The van der Waals surface area contributed by atoms with E-state index in [1.165, 1.54) is 0 Å². The second-order valence-corrected chi connectivity index (χ2v) is 6.22.